The molecule has 21 heavy (non-hydrogen) atoms. The number of hydrazine groups is 1. The van der Waals surface area contributed by atoms with Crippen LogP contribution < -0.4 is 16.6 Å². The minimum Gasteiger partial charge on any atom is -0.369 e. The highest BCUT2D eigenvalue weighted by Crippen LogP contribution is 2.30. The molecule has 0 bridgehead atoms. The molecular formula is C13H20N6OS. The van der Waals surface area contributed by atoms with Gasteiger partial charge in [0.15, 0.2) is 0 Å². The van der Waals surface area contributed by atoms with Crippen molar-refractivity contribution in [2.24, 2.45) is 5.84 Å². The largest absolute Gasteiger partial charge is 0.369 e. The lowest BCUT2D eigenvalue weighted by molar-refractivity contribution is -0.128. The van der Waals surface area contributed by atoms with Gasteiger partial charge in [-0.3, -0.25) is 10.2 Å². The van der Waals surface area contributed by atoms with Crippen LogP contribution in [0.15, 0.2) is 6.07 Å². The predicted molar refractivity (Wildman–Crippen MR) is 86.4 cm³/mol. The Morgan fingerprint density at radius 2 is 2.19 bits per heavy atom. The highest BCUT2D eigenvalue weighted by molar-refractivity contribution is 7.18. The number of fused-ring (bicyclic) bond motifs is 1. The van der Waals surface area contributed by atoms with E-state index >= 15 is 0 Å². The number of aromatic nitrogens is 2. The first-order chi connectivity index (χ1) is 10.0. The van der Waals surface area contributed by atoms with E-state index in [2.05, 4.69) is 33.7 Å². The second-order valence-corrected chi connectivity index (χ2v) is 5.91. The number of carbonyl (C=O) groups is 1. The minimum absolute atomic E-state index is 0.0736. The van der Waals surface area contributed by atoms with Crippen LogP contribution in [0.4, 0.5) is 11.8 Å². The van der Waals surface area contributed by atoms with Crippen LogP contribution in [0.3, 0.4) is 0 Å². The summed E-state index contributed by atoms with van der Waals surface area (Å²) in [5.41, 5.74) is 2.47. The molecule has 0 spiro atoms. The lowest BCUT2D eigenvalue weighted by Gasteiger charge is -2.11. The summed E-state index contributed by atoms with van der Waals surface area (Å²) in [5, 5.41) is 4.16. The van der Waals surface area contributed by atoms with E-state index in [-0.39, 0.29) is 5.91 Å². The van der Waals surface area contributed by atoms with Crippen molar-refractivity contribution in [2.75, 3.05) is 31.4 Å². The zero-order chi connectivity index (χ0) is 15.4. The van der Waals surface area contributed by atoms with Crippen LogP contribution >= 0.6 is 11.3 Å². The van der Waals surface area contributed by atoms with E-state index in [1.807, 2.05) is 0 Å². The smallest absolute Gasteiger partial charge is 0.240 e. The molecule has 0 aromatic carbocycles. The third-order valence-electron chi connectivity index (χ3n) is 3.05. The molecular weight excluding hydrogens is 288 g/mol. The molecule has 0 aliphatic heterocycles. The van der Waals surface area contributed by atoms with Crippen LogP contribution in [0.2, 0.25) is 0 Å². The molecule has 7 nitrogen and oxygen atoms in total. The van der Waals surface area contributed by atoms with Crippen LogP contribution in [0.25, 0.3) is 10.2 Å². The van der Waals surface area contributed by atoms with Crippen LogP contribution in [0, 0.1) is 0 Å². The Hall–Kier alpha value is -1.93. The van der Waals surface area contributed by atoms with E-state index in [4.69, 9.17) is 5.84 Å². The van der Waals surface area contributed by atoms with E-state index < -0.39 is 0 Å². The molecule has 0 saturated heterocycles. The molecule has 114 valence electrons. The Morgan fingerprint density at radius 1 is 1.43 bits per heavy atom. The zero-order valence-electron chi connectivity index (χ0n) is 12.4. The number of aryl methyl sites for hydroxylation is 1. The molecule has 0 aliphatic carbocycles. The van der Waals surface area contributed by atoms with Gasteiger partial charge in [0.05, 0.1) is 5.39 Å². The summed E-state index contributed by atoms with van der Waals surface area (Å²) >= 11 is 1.62. The van der Waals surface area contributed by atoms with Gasteiger partial charge in [0.2, 0.25) is 11.9 Å². The lowest BCUT2D eigenvalue weighted by atomic mass is 10.3. The number of thiophene rings is 1. The quantitative estimate of drug-likeness (QED) is 0.552. The monoisotopic (exact) mass is 308 g/mol. The number of carbonyl (C=O) groups excluding carboxylic acids is 1. The third-order valence-corrected chi connectivity index (χ3v) is 4.22. The molecule has 0 unspecified atom stereocenters. The summed E-state index contributed by atoms with van der Waals surface area (Å²) in [6.45, 7) is 2.62. The Labute approximate surface area is 127 Å². The second kappa shape index (κ2) is 6.68. The van der Waals surface area contributed by atoms with Crippen LogP contribution in [0.5, 0.6) is 0 Å². The number of nitrogen functional groups attached to an aromatic ring is 1. The van der Waals surface area contributed by atoms with Gasteiger partial charge in [-0.05, 0) is 12.5 Å². The average molecular weight is 308 g/mol. The van der Waals surface area contributed by atoms with Crippen molar-refractivity contribution < 1.29 is 4.79 Å². The van der Waals surface area contributed by atoms with Crippen molar-refractivity contribution in [1.29, 1.82) is 0 Å². The highest BCUT2D eigenvalue weighted by Gasteiger charge is 2.11. The molecule has 0 aliphatic rings. The van der Waals surface area contributed by atoms with Crippen molar-refractivity contribution in [3.05, 3.63) is 10.9 Å². The maximum absolute atomic E-state index is 11.6. The molecule has 2 aromatic rings. The fourth-order valence-electron chi connectivity index (χ4n) is 1.86. The van der Waals surface area contributed by atoms with Gasteiger partial charge >= 0.3 is 0 Å². The van der Waals surface area contributed by atoms with Gasteiger partial charge < -0.3 is 10.2 Å². The van der Waals surface area contributed by atoms with Gasteiger partial charge in [0.25, 0.3) is 0 Å². The summed E-state index contributed by atoms with van der Waals surface area (Å²) in [4.78, 5) is 24.0. The SMILES string of the molecule is CCc1cc2c(NCCC(=O)N(C)C)nc(NN)nc2s1. The van der Waals surface area contributed by atoms with Gasteiger partial charge in [-0.25, -0.2) is 10.8 Å². The van der Waals surface area contributed by atoms with E-state index in [1.165, 1.54) is 4.88 Å². The number of amides is 1. The lowest BCUT2D eigenvalue weighted by Crippen LogP contribution is -2.24. The van der Waals surface area contributed by atoms with E-state index in [1.54, 1.807) is 30.3 Å². The molecule has 2 rings (SSSR count). The summed E-state index contributed by atoms with van der Waals surface area (Å²) in [5.74, 6) is 6.55. The van der Waals surface area contributed by atoms with E-state index in [0.717, 1.165) is 16.6 Å². The molecule has 0 fully saturated rings. The Morgan fingerprint density at radius 3 is 2.81 bits per heavy atom. The van der Waals surface area contributed by atoms with Gasteiger partial charge in [-0.2, -0.15) is 4.98 Å². The summed E-state index contributed by atoms with van der Waals surface area (Å²) < 4.78 is 0. The molecule has 8 heteroatoms. The Balaban J connectivity index is 2.20. The first-order valence-corrected chi connectivity index (χ1v) is 7.58. The highest BCUT2D eigenvalue weighted by atomic mass is 32.1. The summed E-state index contributed by atoms with van der Waals surface area (Å²) in [7, 11) is 3.49. The number of hydrogen-bond acceptors (Lipinski definition) is 7. The number of anilines is 2. The van der Waals surface area contributed by atoms with Crippen LogP contribution in [-0.2, 0) is 11.2 Å². The number of nitrogens with zero attached hydrogens (tertiary/aromatic N) is 3. The maximum atomic E-state index is 11.6. The third kappa shape index (κ3) is 3.59. The molecule has 2 heterocycles. The van der Waals surface area contributed by atoms with Crippen molar-refractivity contribution in [3.8, 4) is 0 Å². The van der Waals surface area contributed by atoms with Crippen molar-refractivity contribution in [3.63, 3.8) is 0 Å². The van der Waals surface area contributed by atoms with E-state index in [0.29, 0.717) is 24.7 Å². The van der Waals surface area contributed by atoms with Crippen molar-refractivity contribution in [2.45, 2.75) is 19.8 Å². The van der Waals surface area contributed by atoms with Gasteiger partial charge in [-0.15, -0.1) is 11.3 Å². The van der Waals surface area contributed by atoms with Gasteiger partial charge in [0.1, 0.15) is 10.6 Å². The first kappa shape index (κ1) is 15.5. The predicted octanol–water partition coefficient (Wildman–Crippen LogP) is 1.43. The topological polar surface area (TPSA) is 96.2 Å². The Kier molecular flexibility index (Phi) is 4.92. The van der Waals surface area contributed by atoms with Crippen molar-refractivity contribution >= 4 is 39.2 Å². The Bertz CT molecular complexity index is 639. The molecule has 0 saturated carbocycles. The minimum atomic E-state index is 0.0736. The maximum Gasteiger partial charge on any atom is 0.240 e. The van der Waals surface area contributed by atoms with Gasteiger partial charge in [0, 0.05) is 31.9 Å². The van der Waals surface area contributed by atoms with Crippen LogP contribution in [-0.4, -0.2) is 41.4 Å². The summed E-state index contributed by atoms with van der Waals surface area (Å²) in [6.07, 6.45) is 1.36. The standard InChI is InChI=1S/C13H20N6OS/c1-4-8-7-9-11(15-6-5-10(20)19(2)3)16-13(18-14)17-12(9)21-8/h7H,4-6,14H2,1-3H3,(H2,15,16,17,18). The summed E-state index contributed by atoms with van der Waals surface area (Å²) in [6, 6.07) is 2.08. The van der Waals surface area contributed by atoms with Gasteiger partial charge in [-0.1, -0.05) is 6.92 Å². The van der Waals surface area contributed by atoms with Crippen molar-refractivity contribution in [1.82, 2.24) is 14.9 Å². The van der Waals surface area contributed by atoms with Crippen LogP contribution in [0.1, 0.15) is 18.2 Å². The second-order valence-electron chi connectivity index (χ2n) is 4.79. The average Bonchev–Trinajstić information content (AvgIpc) is 2.89. The molecule has 1 amide bonds. The fraction of sp³-hybridized carbons (Fsp3) is 0.462. The van der Waals surface area contributed by atoms with E-state index in [9.17, 15) is 4.79 Å². The molecule has 0 atom stereocenters. The number of hydrogen-bond donors (Lipinski definition) is 3. The first-order valence-electron chi connectivity index (χ1n) is 6.76. The normalized spacial score (nSPS) is 10.7. The molecule has 0 radical (unpaired) electrons. The number of nitrogens with one attached hydrogen (secondary N) is 2. The molecule has 4 N–H and O–H groups in total. The number of rotatable bonds is 6. The zero-order valence-corrected chi connectivity index (χ0v) is 13.3. The number of nitrogens with two attached hydrogens (primary N) is 1. The molecule has 2 aromatic heterocycles. The fourth-order valence-corrected chi connectivity index (χ4v) is 2.82.